The van der Waals surface area contributed by atoms with Crippen LogP contribution in [0.4, 0.5) is 4.39 Å². The van der Waals surface area contributed by atoms with E-state index in [0.29, 0.717) is 27.8 Å². The van der Waals surface area contributed by atoms with Crippen LogP contribution in [0.2, 0.25) is 0 Å². The van der Waals surface area contributed by atoms with Crippen molar-refractivity contribution >= 4 is 22.5 Å². The molecule has 0 spiro atoms. The Bertz CT molecular complexity index is 1670. The van der Waals surface area contributed by atoms with Crippen LogP contribution in [0.15, 0.2) is 82.4 Å². The molecule has 0 saturated carbocycles. The minimum atomic E-state index is -0.546. The van der Waals surface area contributed by atoms with Gasteiger partial charge in [-0.25, -0.2) is 18.3 Å². The Morgan fingerprint density at radius 1 is 1.00 bits per heavy atom. The average molecular weight is 458 g/mol. The molecule has 0 saturated heterocycles. The minimum absolute atomic E-state index is 0.0771. The SMILES string of the molecule is COc1cccc(C(=O)Cn2nc3n(Cc4ccc(F)cc4)c(=O)c4ccccc4n3c2=O)c1. The Morgan fingerprint density at radius 3 is 2.53 bits per heavy atom. The number of methoxy groups -OCH3 is 1. The molecule has 9 heteroatoms. The molecule has 170 valence electrons. The third-order valence-corrected chi connectivity index (χ3v) is 5.62. The highest BCUT2D eigenvalue weighted by atomic mass is 19.1. The molecule has 0 fully saturated rings. The van der Waals surface area contributed by atoms with Crippen LogP contribution in [-0.4, -0.2) is 31.6 Å². The minimum Gasteiger partial charge on any atom is -0.497 e. The number of carbonyl (C=O) groups is 1. The fraction of sp³-hybridized carbons (Fsp3) is 0.120. The van der Waals surface area contributed by atoms with E-state index in [1.165, 1.54) is 28.2 Å². The van der Waals surface area contributed by atoms with Crippen LogP contribution in [0.1, 0.15) is 15.9 Å². The van der Waals surface area contributed by atoms with E-state index in [1.54, 1.807) is 60.7 Å². The molecule has 8 nitrogen and oxygen atoms in total. The van der Waals surface area contributed by atoms with Gasteiger partial charge in [0.1, 0.15) is 18.1 Å². The van der Waals surface area contributed by atoms with Gasteiger partial charge in [0.25, 0.3) is 5.56 Å². The van der Waals surface area contributed by atoms with Gasteiger partial charge >= 0.3 is 5.69 Å². The number of fused-ring (bicyclic) bond motifs is 3. The number of nitrogens with zero attached hydrogens (tertiary/aromatic N) is 4. The number of para-hydroxylation sites is 1. The van der Waals surface area contributed by atoms with Gasteiger partial charge in [0.2, 0.25) is 5.78 Å². The van der Waals surface area contributed by atoms with Crippen LogP contribution in [0.5, 0.6) is 5.75 Å². The van der Waals surface area contributed by atoms with E-state index in [4.69, 9.17) is 4.74 Å². The number of ether oxygens (including phenoxy) is 1. The van der Waals surface area contributed by atoms with Crippen molar-refractivity contribution in [3.05, 3.63) is 111 Å². The Kier molecular flexibility index (Phi) is 5.29. The van der Waals surface area contributed by atoms with E-state index in [-0.39, 0.29) is 30.2 Å². The first-order valence-electron chi connectivity index (χ1n) is 10.5. The smallest absolute Gasteiger partial charge is 0.352 e. The van der Waals surface area contributed by atoms with Gasteiger partial charge in [0.05, 0.1) is 24.6 Å². The van der Waals surface area contributed by atoms with Gasteiger partial charge in [-0.1, -0.05) is 36.4 Å². The summed E-state index contributed by atoms with van der Waals surface area (Å²) in [5, 5.41) is 4.68. The molecule has 0 aliphatic rings. The fourth-order valence-electron chi connectivity index (χ4n) is 3.91. The van der Waals surface area contributed by atoms with Gasteiger partial charge in [0.15, 0.2) is 5.78 Å². The molecule has 2 heterocycles. The molecule has 0 unspecified atom stereocenters. The van der Waals surface area contributed by atoms with Crippen molar-refractivity contribution < 1.29 is 13.9 Å². The maximum atomic E-state index is 13.4. The molecule has 0 radical (unpaired) electrons. The van der Waals surface area contributed by atoms with Gasteiger partial charge in [-0.2, -0.15) is 0 Å². The molecule has 0 aliphatic heterocycles. The monoisotopic (exact) mass is 458 g/mol. The summed E-state index contributed by atoms with van der Waals surface area (Å²) in [6.45, 7) is -0.236. The summed E-state index contributed by atoms with van der Waals surface area (Å²) in [6.07, 6.45) is 0. The molecular weight excluding hydrogens is 439 g/mol. The summed E-state index contributed by atoms with van der Waals surface area (Å²) in [7, 11) is 1.50. The van der Waals surface area contributed by atoms with Crippen molar-refractivity contribution in [2.45, 2.75) is 13.1 Å². The van der Waals surface area contributed by atoms with Gasteiger partial charge in [-0.3, -0.25) is 14.2 Å². The largest absolute Gasteiger partial charge is 0.497 e. The summed E-state index contributed by atoms with van der Waals surface area (Å²) < 4.78 is 22.2. The lowest BCUT2D eigenvalue weighted by Crippen LogP contribution is -2.27. The molecule has 0 atom stereocenters. The van der Waals surface area contributed by atoms with Gasteiger partial charge in [0, 0.05) is 5.56 Å². The first-order valence-corrected chi connectivity index (χ1v) is 10.5. The van der Waals surface area contributed by atoms with E-state index < -0.39 is 11.5 Å². The highest BCUT2D eigenvalue weighted by Crippen LogP contribution is 2.15. The molecule has 3 aromatic carbocycles. The number of aromatic nitrogens is 4. The molecule has 0 N–H and O–H groups in total. The van der Waals surface area contributed by atoms with Crippen LogP contribution in [0, 0.1) is 5.82 Å². The highest BCUT2D eigenvalue weighted by molar-refractivity contribution is 5.96. The number of ketones is 1. The summed E-state index contributed by atoms with van der Waals surface area (Å²) >= 11 is 0. The Labute approximate surface area is 192 Å². The zero-order chi connectivity index (χ0) is 23.8. The molecule has 5 aromatic rings. The molecule has 0 aliphatic carbocycles. The van der Waals surface area contributed by atoms with Crippen LogP contribution >= 0.6 is 0 Å². The molecule has 0 bridgehead atoms. The number of halogens is 1. The van der Waals surface area contributed by atoms with E-state index >= 15 is 0 Å². The average Bonchev–Trinajstić information content (AvgIpc) is 3.18. The second-order valence-corrected chi connectivity index (χ2v) is 7.77. The summed E-state index contributed by atoms with van der Waals surface area (Å²) in [6, 6.07) is 19.1. The molecule has 0 amide bonds. The number of hydrogen-bond donors (Lipinski definition) is 0. The Hall–Kier alpha value is -4.53. The number of hydrogen-bond acceptors (Lipinski definition) is 5. The van der Waals surface area contributed by atoms with E-state index in [0.717, 1.165) is 4.68 Å². The van der Waals surface area contributed by atoms with Crippen molar-refractivity contribution in [1.29, 1.82) is 0 Å². The number of carbonyl (C=O) groups excluding carboxylic acids is 1. The first-order chi connectivity index (χ1) is 16.5. The van der Waals surface area contributed by atoms with Crippen LogP contribution in [0.3, 0.4) is 0 Å². The van der Waals surface area contributed by atoms with Crippen LogP contribution in [-0.2, 0) is 13.1 Å². The third kappa shape index (κ3) is 3.66. The van der Waals surface area contributed by atoms with Crippen molar-refractivity contribution in [3.8, 4) is 5.75 Å². The maximum Gasteiger partial charge on any atom is 0.352 e. The predicted molar refractivity (Wildman–Crippen MR) is 124 cm³/mol. The zero-order valence-corrected chi connectivity index (χ0v) is 18.1. The molecular formula is C25H19FN4O4. The topological polar surface area (TPSA) is 87.6 Å². The molecule has 34 heavy (non-hydrogen) atoms. The lowest BCUT2D eigenvalue weighted by Gasteiger charge is -2.09. The standard InChI is InChI=1S/C25H19FN4O4/c1-34-19-6-4-5-17(13-19)22(31)15-29-25(33)30-21-8-3-2-7-20(21)23(32)28(24(30)27-29)14-16-9-11-18(26)12-10-16/h2-13H,14-15H2,1H3. The fourth-order valence-corrected chi connectivity index (χ4v) is 3.91. The van der Waals surface area contributed by atoms with E-state index in [2.05, 4.69) is 5.10 Å². The normalized spacial score (nSPS) is 11.2. The van der Waals surface area contributed by atoms with Crippen LogP contribution in [0.25, 0.3) is 16.7 Å². The van der Waals surface area contributed by atoms with Crippen molar-refractivity contribution in [2.24, 2.45) is 0 Å². The quantitative estimate of drug-likeness (QED) is 0.365. The first kappa shape index (κ1) is 21.3. The van der Waals surface area contributed by atoms with Crippen molar-refractivity contribution in [2.75, 3.05) is 7.11 Å². The molecule has 2 aromatic heterocycles. The van der Waals surface area contributed by atoms with E-state index in [1.807, 2.05) is 0 Å². The van der Waals surface area contributed by atoms with Gasteiger partial charge in [-0.05, 0) is 42.0 Å². The Morgan fingerprint density at radius 2 is 1.76 bits per heavy atom. The lowest BCUT2D eigenvalue weighted by molar-refractivity contribution is 0.0966. The summed E-state index contributed by atoms with van der Waals surface area (Å²) in [5.41, 5.74) is 0.536. The number of Topliss-reactive ketones (excluding diaryl/α,β-unsaturated/α-hetero) is 1. The number of benzene rings is 3. The molecule has 5 rings (SSSR count). The van der Waals surface area contributed by atoms with Crippen molar-refractivity contribution in [1.82, 2.24) is 18.7 Å². The maximum absolute atomic E-state index is 13.4. The van der Waals surface area contributed by atoms with Gasteiger partial charge in [-0.15, -0.1) is 5.10 Å². The summed E-state index contributed by atoms with van der Waals surface area (Å²) in [4.78, 5) is 39.5. The second kappa shape index (κ2) is 8.43. The number of rotatable bonds is 6. The lowest BCUT2D eigenvalue weighted by atomic mass is 10.1. The highest BCUT2D eigenvalue weighted by Gasteiger charge is 2.19. The third-order valence-electron chi connectivity index (χ3n) is 5.62. The van der Waals surface area contributed by atoms with Crippen molar-refractivity contribution in [3.63, 3.8) is 0 Å². The van der Waals surface area contributed by atoms with Gasteiger partial charge < -0.3 is 4.74 Å². The predicted octanol–water partition coefficient (Wildman–Crippen LogP) is 2.89. The summed E-state index contributed by atoms with van der Waals surface area (Å²) in [5.74, 6) is -0.110. The van der Waals surface area contributed by atoms with E-state index in [9.17, 15) is 18.8 Å². The van der Waals surface area contributed by atoms with Crippen LogP contribution < -0.4 is 16.0 Å². The zero-order valence-electron chi connectivity index (χ0n) is 18.1. The second-order valence-electron chi connectivity index (χ2n) is 7.77. The Balaban J connectivity index is 1.66.